The first kappa shape index (κ1) is 12.9. The maximum absolute atomic E-state index is 5.38. The number of hydrogen-bond acceptors (Lipinski definition) is 7. The van der Waals surface area contributed by atoms with Gasteiger partial charge in [0.15, 0.2) is 5.15 Å². The molecular formula is C9H11ClN6O. The number of anilines is 2. The van der Waals surface area contributed by atoms with Crippen LogP contribution < -0.4 is 16.2 Å². The van der Waals surface area contributed by atoms with Crippen LogP contribution in [0.15, 0.2) is 24.3 Å². The number of nitrogens with two attached hydrogens (primary N) is 2. The van der Waals surface area contributed by atoms with Crippen LogP contribution in [0.4, 0.5) is 11.6 Å². The minimum atomic E-state index is 0.360. The van der Waals surface area contributed by atoms with Gasteiger partial charge in [-0.05, 0) is 18.2 Å². The van der Waals surface area contributed by atoms with E-state index in [2.05, 4.69) is 20.4 Å². The number of halogens is 1. The minimum absolute atomic E-state index is 0.360. The third-order valence-electron chi connectivity index (χ3n) is 1.52. The Hall–Kier alpha value is -2.15. The van der Waals surface area contributed by atoms with Gasteiger partial charge in [0, 0.05) is 6.07 Å². The summed E-state index contributed by atoms with van der Waals surface area (Å²) in [6, 6.07) is 6.47. The summed E-state index contributed by atoms with van der Waals surface area (Å²) in [5, 5.41) is 14.5. The Bertz CT molecular complexity index is 425. The van der Waals surface area contributed by atoms with Crippen LogP contribution in [0.1, 0.15) is 0 Å². The first-order valence-electron chi connectivity index (χ1n) is 4.49. The van der Waals surface area contributed by atoms with E-state index in [1.807, 2.05) is 0 Å². The second-order valence-electron chi connectivity index (χ2n) is 2.78. The number of hydrogen-bond donors (Lipinski definition) is 2. The fourth-order valence-corrected chi connectivity index (χ4v) is 0.866. The van der Waals surface area contributed by atoms with Gasteiger partial charge in [0.05, 0.1) is 7.11 Å². The van der Waals surface area contributed by atoms with Crippen molar-refractivity contribution in [3.8, 4) is 5.88 Å². The summed E-state index contributed by atoms with van der Waals surface area (Å²) >= 11 is 5.38. The summed E-state index contributed by atoms with van der Waals surface area (Å²) in [6.45, 7) is 0. The average Bonchev–Trinajstić information content (AvgIpc) is 2.35. The molecule has 2 aromatic rings. The van der Waals surface area contributed by atoms with Gasteiger partial charge < -0.3 is 16.2 Å². The van der Waals surface area contributed by atoms with Crippen LogP contribution in [-0.2, 0) is 0 Å². The summed E-state index contributed by atoms with van der Waals surface area (Å²) < 4.78 is 4.74. The van der Waals surface area contributed by atoms with Gasteiger partial charge in [-0.15, -0.1) is 20.4 Å². The molecule has 0 saturated heterocycles. The molecule has 4 N–H and O–H groups in total. The third kappa shape index (κ3) is 4.94. The molecule has 8 heteroatoms. The van der Waals surface area contributed by atoms with Gasteiger partial charge in [0.25, 0.3) is 0 Å². The second-order valence-corrected chi connectivity index (χ2v) is 3.17. The van der Waals surface area contributed by atoms with E-state index < -0.39 is 0 Å². The van der Waals surface area contributed by atoms with Gasteiger partial charge >= 0.3 is 0 Å². The van der Waals surface area contributed by atoms with Gasteiger partial charge in [-0.2, -0.15) is 0 Å². The van der Waals surface area contributed by atoms with Crippen molar-refractivity contribution >= 4 is 23.2 Å². The molecule has 0 unspecified atom stereocenters. The lowest BCUT2D eigenvalue weighted by Crippen LogP contribution is -1.94. The van der Waals surface area contributed by atoms with E-state index in [1.165, 1.54) is 7.11 Å². The molecule has 0 spiro atoms. The average molecular weight is 255 g/mol. The Labute approximate surface area is 103 Å². The highest BCUT2D eigenvalue weighted by molar-refractivity contribution is 6.29. The second kappa shape index (κ2) is 6.44. The summed E-state index contributed by atoms with van der Waals surface area (Å²) in [4.78, 5) is 0. The molecule has 0 aliphatic heterocycles. The predicted molar refractivity (Wildman–Crippen MR) is 64.5 cm³/mol. The molecule has 0 fully saturated rings. The van der Waals surface area contributed by atoms with E-state index >= 15 is 0 Å². The summed E-state index contributed by atoms with van der Waals surface area (Å²) in [7, 11) is 1.53. The number of ether oxygens (including phenoxy) is 1. The Kier molecular flexibility index (Phi) is 4.89. The zero-order chi connectivity index (χ0) is 12.7. The van der Waals surface area contributed by atoms with E-state index in [0.717, 1.165) is 0 Å². The van der Waals surface area contributed by atoms with Crippen LogP contribution in [0.25, 0.3) is 0 Å². The maximum Gasteiger partial charge on any atom is 0.233 e. The summed E-state index contributed by atoms with van der Waals surface area (Å²) in [6.07, 6.45) is 0. The van der Waals surface area contributed by atoms with Gasteiger partial charge in [0.2, 0.25) is 5.88 Å². The molecule has 17 heavy (non-hydrogen) atoms. The Morgan fingerprint density at radius 3 is 1.88 bits per heavy atom. The molecule has 2 rings (SSSR count). The van der Waals surface area contributed by atoms with Crippen LogP contribution in [0.2, 0.25) is 5.15 Å². The standard InChI is InChI=1S/C5H7N3O.C4H4ClN3/c1-9-5-3-2-4(6)7-8-5;5-3-1-2-4(6)8-7-3/h2-3H,1H3,(H2,6,7);1-2H,(H2,6,8). The Morgan fingerprint density at radius 2 is 1.53 bits per heavy atom. The predicted octanol–water partition coefficient (Wildman–Crippen LogP) is 0.780. The van der Waals surface area contributed by atoms with Crippen molar-refractivity contribution in [2.24, 2.45) is 0 Å². The topological polar surface area (TPSA) is 113 Å². The summed E-state index contributed by atoms with van der Waals surface area (Å²) in [5.41, 5.74) is 10.4. The molecule has 0 saturated carbocycles. The van der Waals surface area contributed by atoms with Gasteiger partial charge in [-0.1, -0.05) is 11.6 Å². The molecule has 0 aliphatic rings. The van der Waals surface area contributed by atoms with E-state index in [4.69, 9.17) is 27.8 Å². The van der Waals surface area contributed by atoms with E-state index in [-0.39, 0.29) is 0 Å². The van der Waals surface area contributed by atoms with Crippen molar-refractivity contribution in [2.45, 2.75) is 0 Å². The van der Waals surface area contributed by atoms with Crippen molar-refractivity contribution < 1.29 is 4.74 Å². The van der Waals surface area contributed by atoms with Crippen LogP contribution in [-0.4, -0.2) is 27.5 Å². The monoisotopic (exact) mass is 254 g/mol. The molecule has 0 radical (unpaired) electrons. The van der Waals surface area contributed by atoms with E-state index in [9.17, 15) is 0 Å². The molecule has 0 aliphatic carbocycles. The lowest BCUT2D eigenvalue weighted by atomic mass is 10.5. The number of methoxy groups -OCH3 is 1. The van der Waals surface area contributed by atoms with Crippen LogP contribution in [0, 0.1) is 0 Å². The highest BCUT2D eigenvalue weighted by Gasteiger charge is 1.89. The van der Waals surface area contributed by atoms with Crippen molar-refractivity contribution in [3.05, 3.63) is 29.4 Å². The largest absolute Gasteiger partial charge is 0.480 e. The first-order valence-corrected chi connectivity index (χ1v) is 4.87. The van der Waals surface area contributed by atoms with Gasteiger partial charge in [-0.25, -0.2) is 0 Å². The normalized spacial score (nSPS) is 9.06. The van der Waals surface area contributed by atoms with Gasteiger partial charge in [0.1, 0.15) is 11.6 Å². The van der Waals surface area contributed by atoms with Crippen molar-refractivity contribution in [3.63, 3.8) is 0 Å². The lowest BCUT2D eigenvalue weighted by Gasteiger charge is -1.94. The number of nitrogens with zero attached hydrogens (tertiary/aromatic N) is 4. The van der Waals surface area contributed by atoms with Crippen LogP contribution in [0.5, 0.6) is 5.88 Å². The Balaban J connectivity index is 0.000000171. The Morgan fingerprint density at radius 1 is 0.941 bits per heavy atom. The molecule has 2 aromatic heterocycles. The smallest absolute Gasteiger partial charge is 0.233 e. The molecule has 0 bridgehead atoms. The van der Waals surface area contributed by atoms with Crippen molar-refractivity contribution in [1.82, 2.24) is 20.4 Å². The SMILES string of the molecule is COc1ccc(N)nn1.Nc1ccc(Cl)nn1. The van der Waals surface area contributed by atoms with Gasteiger partial charge in [-0.3, -0.25) is 0 Å². The molecule has 2 heterocycles. The van der Waals surface area contributed by atoms with E-state index in [0.29, 0.717) is 22.7 Å². The van der Waals surface area contributed by atoms with Crippen molar-refractivity contribution in [2.75, 3.05) is 18.6 Å². The summed E-state index contributed by atoms with van der Waals surface area (Å²) in [5.74, 6) is 1.26. The highest BCUT2D eigenvalue weighted by atomic mass is 35.5. The molecule has 90 valence electrons. The molecular weight excluding hydrogens is 244 g/mol. The quantitative estimate of drug-likeness (QED) is 0.773. The van der Waals surface area contributed by atoms with Crippen LogP contribution >= 0.6 is 11.6 Å². The fraction of sp³-hybridized carbons (Fsp3) is 0.111. The number of aromatic nitrogens is 4. The third-order valence-corrected chi connectivity index (χ3v) is 1.72. The number of nitrogen functional groups attached to an aromatic ring is 2. The van der Waals surface area contributed by atoms with Crippen molar-refractivity contribution in [1.29, 1.82) is 0 Å². The van der Waals surface area contributed by atoms with E-state index in [1.54, 1.807) is 24.3 Å². The molecule has 0 amide bonds. The highest BCUT2D eigenvalue weighted by Crippen LogP contribution is 2.03. The maximum atomic E-state index is 5.38. The first-order chi connectivity index (χ1) is 8.11. The zero-order valence-corrected chi connectivity index (χ0v) is 9.80. The molecule has 0 atom stereocenters. The molecule has 7 nitrogen and oxygen atoms in total. The zero-order valence-electron chi connectivity index (χ0n) is 9.04. The fourth-order valence-electron chi connectivity index (χ4n) is 0.766. The van der Waals surface area contributed by atoms with Crippen LogP contribution in [0.3, 0.4) is 0 Å². The lowest BCUT2D eigenvalue weighted by molar-refractivity contribution is 0.392. The molecule has 0 aromatic carbocycles. The number of rotatable bonds is 1. The minimum Gasteiger partial charge on any atom is -0.480 e.